The maximum atomic E-state index is 11.9. The number of allylic oxidation sites excluding steroid dienone is 2. The van der Waals surface area contributed by atoms with Crippen LogP contribution in [-0.2, 0) is 20.9 Å². The van der Waals surface area contributed by atoms with Crippen LogP contribution >= 0.6 is 11.6 Å². The third-order valence-corrected chi connectivity index (χ3v) is 4.45. The van der Waals surface area contributed by atoms with Gasteiger partial charge in [-0.25, -0.2) is 4.98 Å². The lowest BCUT2D eigenvalue weighted by Crippen LogP contribution is -2.42. The summed E-state index contributed by atoms with van der Waals surface area (Å²) in [6.07, 6.45) is 12.6. The van der Waals surface area contributed by atoms with Gasteiger partial charge in [-0.05, 0) is 31.8 Å². The van der Waals surface area contributed by atoms with Crippen molar-refractivity contribution in [3.05, 3.63) is 47.0 Å². The van der Waals surface area contributed by atoms with Gasteiger partial charge >= 0.3 is 0 Å². The molecular weight excluding hydrogens is 380 g/mol. The number of likely N-dealkylation sites (tertiary alicyclic amines) is 1. The number of halogens is 1. The van der Waals surface area contributed by atoms with Crippen LogP contribution in [0.2, 0.25) is 5.15 Å². The molecule has 8 heteroatoms. The molecule has 1 aliphatic heterocycles. The number of carbonyl (C=O) groups is 2. The Hall–Kier alpha value is -2.25. The van der Waals surface area contributed by atoms with E-state index in [1.807, 2.05) is 6.92 Å². The highest BCUT2D eigenvalue weighted by Gasteiger charge is 2.29. The minimum absolute atomic E-state index is 0.179. The number of nitrogens with one attached hydrogen (secondary N) is 1. The van der Waals surface area contributed by atoms with Gasteiger partial charge in [0.05, 0.1) is 18.8 Å². The zero-order chi connectivity index (χ0) is 20.8. The highest BCUT2D eigenvalue weighted by molar-refractivity contribution is 6.29. The van der Waals surface area contributed by atoms with Crippen molar-refractivity contribution < 1.29 is 14.3 Å². The summed E-state index contributed by atoms with van der Waals surface area (Å²) in [5.41, 5.74) is 1.76. The Labute approximate surface area is 171 Å². The Kier molecular flexibility index (Phi) is 11.8. The van der Waals surface area contributed by atoms with Crippen molar-refractivity contribution in [1.29, 1.82) is 0 Å². The van der Waals surface area contributed by atoms with E-state index < -0.39 is 0 Å². The van der Waals surface area contributed by atoms with Crippen LogP contribution in [0.1, 0.15) is 38.8 Å². The number of ether oxygens (including phenoxy) is 1. The molecule has 1 aromatic rings. The third kappa shape index (κ3) is 8.19. The second-order valence-corrected chi connectivity index (χ2v) is 6.48. The number of methoxy groups -OCH3 is 1. The molecule has 1 aliphatic rings. The van der Waals surface area contributed by atoms with Crippen molar-refractivity contribution in [3.63, 3.8) is 0 Å². The largest absolute Gasteiger partial charge is 0.380 e. The highest BCUT2D eigenvalue weighted by atomic mass is 35.5. The molecule has 0 saturated carbocycles. The van der Waals surface area contributed by atoms with Crippen LogP contribution in [0.5, 0.6) is 0 Å². The number of aromatic nitrogens is 2. The van der Waals surface area contributed by atoms with Gasteiger partial charge in [0.15, 0.2) is 5.15 Å². The summed E-state index contributed by atoms with van der Waals surface area (Å²) in [7, 11) is 1.71. The van der Waals surface area contributed by atoms with Crippen LogP contribution in [-0.4, -0.2) is 53.5 Å². The van der Waals surface area contributed by atoms with Crippen molar-refractivity contribution >= 4 is 23.9 Å². The lowest BCUT2D eigenvalue weighted by atomic mass is 10.2. The van der Waals surface area contributed by atoms with Crippen molar-refractivity contribution in [2.75, 3.05) is 20.3 Å². The van der Waals surface area contributed by atoms with E-state index in [2.05, 4.69) is 40.4 Å². The second-order valence-electron chi connectivity index (χ2n) is 6.12. The smallest absolute Gasteiger partial charge is 0.243 e. The van der Waals surface area contributed by atoms with Crippen molar-refractivity contribution in [1.82, 2.24) is 20.2 Å². The van der Waals surface area contributed by atoms with Crippen molar-refractivity contribution in [2.45, 2.75) is 45.7 Å². The summed E-state index contributed by atoms with van der Waals surface area (Å²) in [6.45, 7) is 5.71. The number of nitrogens with zero attached hydrogens (tertiary/aromatic N) is 3. The van der Waals surface area contributed by atoms with Crippen LogP contribution < -0.4 is 5.32 Å². The molecule has 0 aliphatic carbocycles. The zero-order valence-electron chi connectivity index (χ0n) is 16.7. The molecule has 7 nitrogen and oxygen atoms in total. The average Bonchev–Trinajstić information content (AvgIpc) is 3.20. The van der Waals surface area contributed by atoms with Gasteiger partial charge in [-0.3, -0.25) is 14.6 Å². The first-order chi connectivity index (χ1) is 13.6. The van der Waals surface area contributed by atoms with Gasteiger partial charge in [0.2, 0.25) is 12.3 Å². The van der Waals surface area contributed by atoms with Gasteiger partial charge in [0, 0.05) is 26.0 Å². The molecule has 154 valence electrons. The van der Waals surface area contributed by atoms with Gasteiger partial charge in [0.1, 0.15) is 6.04 Å². The number of hydrogen-bond donors (Lipinski definition) is 1. The molecule has 0 spiro atoms. The van der Waals surface area contributed by atoms with E-state index in [-0.39, 0.29) is 23.6 Å². The highest BCUT2D eigenvalue weighted by Crippen LogP contribution is 2.15. The van der Waals surface area contributed by atoms with E-state index >= 15 is 0 Å². The molecule has 1 fully saturated rings. The fourth-order valence-corrected chi connectivity index (χ4v) is 2.79. The zero-order valence-corrected chi connectivity index (χ0v) is 17.5. The maximum Gasteiger partial charge on any atom is 0.243 e. The summed E-state index contributed by atoms with van der Waals surface area (Å²) in [6, 6.07) is -0.377. The first-order valence-electron chi connectivity index (χ1n) is 9.32. The molecule has 1 saturated heterocycles. The molecule has 0 radical (unpaired) electrons. The Morgan fingerprint density at radius 2 is 2.18 bits per heavy atom. The second kappa shape index (κ2) is 13.8. The van der Waals surface area contributed by atoms with E-state index in [1.165, 1.54) is 22.9 Å². The topological polar surface area (TPSA) is 84.4 Å². The number of amides is 2. The molecule has 1 aromatic heterocycles. The van der Waals surface area contributed by atoms with Crippen molar-refractivity contribution in [3.8, 4) is 0 Å². The number of carbonyl (C=O) groups excluding carboxylic acids is 2. The summed E-state index contributed by atoms with van der Waals surface area (Å²) >= 11 is 5.83. The number of rotatable bonds is 8. The van der Waals surface area contributed by atoms with Crippen LogP contribution in [0.3, 0.4) is 0 Å². The molecule has 1 atom stereocenters. The minimum Gasteiger partial charge on any atom is -0.380 e. The lowest BCUT2D eigenvalue weighted by Gasteiger charge is -2.18. The summed E-state index contributed by atoms with van der Waals surface area (Å²) in [5.74, 6) is -0.179. The van der Waals surface area contributed by atoms with Gasteiger partial charge in [0.25, 0.3) is 0 Å². The van der Waals surface area contributed by atoms with E-state index in [4.69, 9.17) is 16.3 Å². The molecule has 28 heavy (non-hydrogen) atoms. The number of hydrogen-bond acceptors (Lipinski definition) is 5. The van der Waals surface area contributed by atoms with Gasteiger partial charge < -0.3 is 15.0 Å². The Balaban J connectivity index is 0.000000336. The van der Waals surface area contributed by atoms with Crippen molar-refractivity contribution in [2.24, 2.45) is 0 Å². The Morgan fingerprint density at radius 3 is 2.79 bits per heavy atom. The van der Waals surface area contributed by atoms with E-state index in [9.17, 15) is 9.59 Å². The quantitative estimate of drug-likeness (QED) is 0.528. The van der Waals surface area contributed by atoms with Crippen LogP contribution in [0, 0.1) is 0 Å². The van der Waals surface area contributed by atoms with Crippen LogP contribution in [0.25, 0.3) is 0 Å². The summed E-state index contributed by atoms with van der Waals surface area (Å²) < 4.78 is 4.97. The molecule has 0 aromatic carbocycles. The fraction of sp³-hybridized carbons (Fsp3) is 0.500. The predicted molar refractivity (Wildman–Crippen MR) is 110 cm³/mol. The normalized spacial score (nSPS) is 16.6. The maximum absolute atomic E-state index is 11.9. The summed E-state index contributed by atoms with van der Waals surface area (Å²) in [5, 5.41) is 2.99. The fourth-order valence-electron chi connectivity index (χ4n) is 2.62. The van der Waals surface area contributed by atoms with E-state index in [0.717, 1.165) is 12.8 Å². The molecule has 2 heterocycles. The molecule has 0 bridgehead atoms. The van der Waals surface area contributed by atoms with Gasteiger partial charge in [-0.1, -0.05) is 36.8 Å². The van der Waals surface area contributed by atoms with Crippen LogP contribution in [0.4, 0.5) is 0 Å². The monoisotopic (exact) mass is 408 g/mol. The predicted octanol–water partition coefficient (Wildman–Crippen LogP) is 2.91. The molecular formula is C20H29ClN4O3. The van der Waals surface area contributed by atoms with Crippen LogP contribution in [0.15, 0.2) is 36.2 Å². The van der Waals surface area contributed by atoms with Gasteiger partial charge in [-0.15, -0.1) is 0 Å². The average molecular weight is 409 g/mol. The summed E-state index contributed by atoms with van der Waals surface area (Å²) in [4.78, 5) is 32.1. The standard InChI is InChI=1S/C11H13ClN4O2.C9H16O/c12-10-8(13-3-4-14-10)6-15-11(18)9-2-1-5-16(9)7-17;1-4-6-7-9(5-2)8-10-3/h3-4,7,9H,1-2,5-6H2,(H,15,18);5-7H,4,8H2,1-3H3/b;7-6-,9-5+. The Morgan fingerprint density at radius 1 is 1.43 bits per heavy atom. The minimum atomic E-state index is -0.377. The lowest BCUT2D eigenvalue weighted by molar-refractivity contribution is -0.131. The van der Waals surface area contributed by atoms with Gasteiger partial charge in [-0.2, -0.15) is 0 Å². The van der Waals surface area contributed by atoms with E-state index in [1.54, 1.807) is 7.11 Å². The molecule has 2 amide bonds. The van der Waals surface area contributed by atoms with E-state index in [0.29, 0.717) is 31.7 Å². The first kappa shape index (κ1) is 23.8. The third-order valence-electron chi connectivity index (χ3n) is 4.13. The molecule has 2 rings (SSSR count). The first-order valence-corrected chi connectivity index (χ1v) is 9.69. The molecule has 1 unspecified atom stereocenters. The SMILES string of the molecule is C/C=C(\C=C/CC)COC.O=CN1CCCC1C(=O)NCc1nccnc1Cl. The molecule has 1 N–H and O–H groups in total. The Bertz CT molecular complexity index is 679.